The number of hydrogen-bond donors (Lipinski definition) is 1. The molecule has 0 aliphatic heterocycles. The van der Waals surface area contributed by atoms with Gasteiger partial charge in [-0.15, -0.1) is 0 Å². The molecule has 0 spiro atoms. The van der Waals surface area contributed by atoms with Gasteiger partial charge in [-0.1, -0.05) is 31.4 Å². The topological polar surface area (TPSA) is 28.2 Å². The molecule has 3 nitrogen and oxygen atoms in total. The number of halogens is 1. The van der Waals surface area contributed by atoms with E-state index < -0.39 is 0 Å². The number of rotatable bonds is 6. The highest BCUT2D eigenvalue weighted by molar-refractivity contribution is 6.31. The molecule has 0 bridgehead atoms. The Balaban J connectivity index is 2.17. The van der Waals surface area contributed by atoms with E-state index in [9.17, 15) is 0 Å². The lowest BCUT2D eigenvalue weighted by Gasteiger charge is -2.29. The van der Waals surface area contributed by atoms with Crippen molar-refractivity contribution in [2.75, 3.05) is 18.0 Å². The molecule has 0 amide bonds. The minimum absolute atomic E-state index is 0.658. The van der Waals surface area contributed by atoms with E-state index in [1.54, 1.807) is 6.20 Å². The molecule has 1 aliphatic rings. The average Bonchev–Trinajstić information content (AvgIpc) is 2.94. The minimum atomic E-state index is 0.658. The van der Waals surface area contributed by atoms with E-state index in [0.29, 0.717) is 6.04 Å². The fourth-order valence-corrected chi connectivity index (χ4v) is 3.01. The third-order valence-corrected chi connectivity index (χ3v) is 4.23. The van der Waals surface area contributed by atoms with Gasteiger partial charge in [0.2, 0.25) is 0 Å². The molecule has 4 heteroatoms. The van der Waals surface area contributed by atoms with Crippen LogP contribution in [0, 0.1) is 0 Å². The monoisotopic (exact) mass is 281 g/mol. The Morgan fingerprint density at radius 1 is 1.37 bits per heavy atom. The lowest BCUT2D eigenvalue weighted by molar-refractivity contribution is 0.612. The van der Waals surface area contributed by atoms with Crippen LogP contribution in [0.2, 0.25) is 5.02 Å². The highest BCUT2D eigenvalue weighted by atomic mass is 35.5. The fourth-order valence-electron chi connectivity index (χ4n) is 2.84. The highest BCUT2D eigenvalue weighted by Crippen LogP contribution is 2.28. The Morgan fingerprint density at radius 2 is 2.11 bits per heavy atom. The molecule has 1 aliphatic carbocycles. The second-order valence-electron chi connectivity index (χ2n) is 5.14. The molecule has 1 N–H and O–H groups in total. The summed E-state index contributed by atoms with van der Waals surface area (Å²) < 4.78 is 0. The summed E-state index contributed by atoms with van der Waals surface area (Å²) in [7, 11) is 0. The van der Waals surface area contributed by atoms with Gasteiger partial charge in [0, 0.05) is 25.3 Å². The van der Waals surface area contributed by atoms with Crippen molar-refractivity contribution in [3.05, 3.63) is 22.8 Å². The second-order valence-corrected chi connectivity index (χ2v) is 5.55. The zero-order valence-electron chi connectivity index (χ0n) is 12.0. The molecule has 19 heavy (non-hydrogen) atoms. The van der Waals surface area contributed by atoms with Crippen molar-refractivity contribution in [2.45, 2.75) is 52.1 Å². The van der Waals surface area contributed by atoms with Crippen LogP contribution in [0.25, 0.3) is 0 Å². The van der Waals surface area contributed by atoms with E-state index in [4.69, 9.17) is 11.6 Å². The lowest BCUT2D eigenvalue weighted by atomic mass is 10.2. The van der Waals surface area contributed by atoms with Crippen LogP contribution in [-0.2, 0) is 6.54 Å². The molecule has 1 aromatic heterocycles. The summed E-state index contributed by atoms with van der Waals surface area (Å²) in [6.45, 7) is 7.09. The lowest BCUT2D eigenvalue weighted by Crippen LogP contribution is -2.33. The zero-order valence-corrected chi connectivity index (χ0v) is 12.7. The molecule has 1 heterocycles. The second kappa shape index (κ2) is 7.11. The average molecular weight is 282 g/mol. The molecule has 0 unspecified atom stereocenters. The maximum absolute atomic E-state index is 6.22. The Bertz CT molecular complexity index is 402. The summed E-state index contributed by atoms with van der Waals surface area (Å²) in [5, 5.41) is 4.08. The maximum Gasteiger partial charge on any atom is 0.129 e. The van der Waals surface area contributed by atoms with Gasteiger partial charge < -0.3 is 10.2 Å². The zero-order chi connectivity index (χ0) is 13.7. The smallest absolute Gasteiger partial charge is 0.129 e. The van der Waals surface area contributed by atoms with Crippen molar-refractivity contribution in [3.8, 4) is 0 Å². The number of nitrogens with zero attached hydrogens (tertiary/aromatic N) is 2. The summed E-state index contributed by atoms with van der Waals surface area (Å²) >= 11 is 6.22. The fraction of sp³-hybridized carbons (Fsp3) is 0.667. The van der Waals surface area contributed by atoms with E-state index in [0.717, 1.165) is 36.0 Å². The summed E-state index contributed by atoms with van der Waals surface area (Å²) in [6.07, 6.45) is 7.07. The quantitative estimate of drug-likeness (QED) is 0.863. The molecule has 2 rings (SSSR count). The van der Waals surface area contributed by atoms with E-state index in [2.05, 4.69) is 35.1 Å². The van der Waals surface area contributed by atoms with Crippen LogP contribution in [0.3, 0.4) is 0 Å². The van der Waals surface area contributed by atoms with Crippen LogP contribution in [0.1, 0.15) is 45.1 Å². The van der Waals surface area contributed by atoms with Crippen molar-refractivity contribution in [1.82, 2.24) is 10.3 Å². The van der Waals surface area contributed by atoms with Gasteiger partial charge in [-0.2, -0.15) is 0 Å². The number of aromatic nitrogens is 1. The molecule has 1 aromatic rings. The molecule has 0 radical (unpaired) electrons. The molecular formula is C15H24ClN3. The van der Waals surface area contributed by atoms with Crippen LogP contribution in [-0.4, -0.2) is 24.1 Å². The minimum Gasteiger partial charge on any atom is -0.354 e. The van der Waals surface area contributed by atoms with Gasteiger partial charge in [0.25, 0.3) is 0 Å². The number of hydrogen-bond acceptors (Lipinski definition) is 3. The van der Waals surface area contributed by atoms with E-state index in [1.165, 1.54) is 25.7 Å². The highest BCUT2D eigenvalue weighted by Gasteiger charge is 2.22. The van der Waals surface area contributed by atoms with Gasteiger partial charge >= 0.3 is 0 Å². The molecule has 0 saturated heterocycles. The van der Waals surface area contributed by atoms with Gasteiger partial charge in [-0.25, -0.2) is 4.98 Å². The van der Waals surface area contributed by atoms with Gasteiger partial charge in [0.05, 0.1) is 5.02 Å². The third-order valence-electron chi connectivity index (χ3n) is 3.89. The Labute approximate surface area is 121 Å². The molecule has 1 fully saturated rings. The molecular weight excluding hydrogens is 258 g/mol. The van der Waals surface area contributed by atoms with Gasteiger partial charge in [0.15, 0.2) is 0 Å². The predicted molar refractivity (Wildman–Crippen MR) is 81.9 cm³/mol. The number of anilines is 1. The van der Waals surface area contributed by atoms with Crippen molar-refractivity contribution in [3.63, 3.8) is 0 Å². The first-order chi connectivity index (χ1) is 9.26. The molecule has 1 saturated carbocycles. The first-order valence-corrected chi connectivity index (χ1v) is 7.75. The SMILES string of the molecule is CCNCc1cc(N(CC)C2CCCC2)ncc1Cl. The molecule has 0 atom stereocenters. The normalized spacial score (nSPS) is 15.9. The first-order valence-electron chi connectivity index (χ1n) is 7.38. The molecule has 106 valence electrons. The largest absolute Gasteiger partial charge is 0.354 e. The summed E-state index contributed by atoms with van der Waals surface area (Å²) in [5.41, 5.74) is 1.14. The van der Waals surface area contributed by atoms with Crippen molar-refractivity contribution < 1.29 is 0 Å². The van der Waals surface area contributed by atoms with Crippen LogP contribution < -0.4 is 10.2 Å². The van der Waals surface area contributed by atoms with E-state index in [-0.39, 0.29) is 0 Å². The van der Waals surface area contributed by atoms with Crippen LogP contribution in [0.4, 0.5) is 5.82 Å². The van der Waals surface area contributed by atoms with Crippen LogP contribution in [0.5, 0.6) is 0 Å². The maximum atomic E-state index is 6.22. The van der Waals surface area contributed by atoms with Crippen molar-refractivity contribution in [2.24, 2.45) is 0 Å². The summed E-state index contributed by atoms with van der Waals surface area (Å²) in [6, 6.07) is 2.80. The predicted octanol–water partition coefficient (Wildman–Crippen LogP) is 3.61. The van der Waals surface area contributed by atoms with Gasteiger partial charge in [0.1, 0.15) is 5.82 Å². The van der Waals surface area contributed by atoms with Crippen molar-refractivity contribution in [1.29, 1.82) is 0 Å². The van der Waals surface area contributed by atoms with Crippen LogP contribution in [0.15, 0.2) is 12.3 Å². The summed E-state index contributed by atoms with van der Waals surface area (Å²) in [5.74, 6) is 1.08. The Morgan fingerprint density at radius 3 is 2.74 bits per heavy atom. The number of nitrogens with one attached hydrogen (secondary N) is 1. The Hall–Kier alpha value is -0.800. The van der Waals surface area contributed by atoms with E-state index >= 15 is 0 Å². The third kappa shape index (κ3) is 3.61. The standard InChI is InChI=1S/C15H24ClN3/c1-3-17-10-12-9-15(18-11-14(12)16)19(4-2)13-7-5-6-8-13/h9,11,13,17H,3-8,10H2,1-2H3. The number of pyridine rings is 1. The van der Waals surface area contributed by atoms with Gasteiger partial charge in [-0.3, -0.25) is 0 Å². The van der Waals surface area contributed by atoms with E-state index in [1.807, 2.05) is 0 Å². The Kier molecular flexibility index (Phi) is 5.46. The van der Waals surface area contributed by atoms with Crippen molar-refractivity contribution >= 4 is 17.4 Å². The summed E-state index contributed by atoms with van der Waals surface area (Å²) in [4.78, 5) is 6.96. The first kappa shape index (κ1) is 14.6. The van der Waals surface area contributed by atoms with Gasteiger partial charge in [-0.05, 0) is 37.9 Å². The molecule has 0 aromatic carbocycles. The van der Waals surface area contributed by atoms with Crippen LogP contribution >= 0.6 is 11.6 Å².